The standard InChI is InChI=1S/C27H27ClN4O4S/c1-18-9-10-19(2)24(15-18)32(37(4,34)35)16-20-11-13-21(14-12-20)27(33)31(3)17-25-29-26(30-36-25)22-7-5-6-8-23(22)28/h5-15H,16-17H2,1-4H3. The number of aromatic nitrogens is 2. The van der Waals surface area contributed by atoms with Gasteiger partial charge < -0.3 is 9.42 Å². The molecule has 0 unspecified atom stereocenters. The van der Waals surface area contributed by atoms with Crippen LogP contribution in [0.15, 0.2) is 71.3 Å². The molecule has 1 heterocycles. The van der Waals surface area contributed by atoms with Crippen LogP contribution < -0.4 is 4.31 Å². The largest absolute Gasteiger partial charge is 0.337 e. The molecule has 0 radical (unpaired) electrons. The van der Waals surface area contributed by atoms with E-state index in [1.54, 1.807) is 43.4 Å². The van der Waals surface area contributed by atoms with E-state index < -0.39 is 10.0 Å². The van der Waals surface area contributed by atoms with E-state index in [1.807, 2.05) is 44.2 Å². The first-order valence-electron chi connectivity index (χ1n) is 11.5. The first kappa shape index (κ1) is 26.4. The predicted molar refractivity (Wildman–Crippen MR) is 144 cm³/mol. The second-order valence-electron chi connectivity index (χ2n) is 8.91. The fraction of sp³-hybridized carbons (Fsp3) is 0.222. The minimum atomic E-state index is -3.52. The van der Waals surface area contributed by atoms with E-state index in [4.69, 9.17) is 16.1 Å². The van der Waals surface area contributed by atoms with Crippen LogP contribution >= 0.6 is 11.6 Å². The van der Waals surface area contributed by atoms with Crippen molar-refractivity contribution < 1.29 is 17.7 Å². The van der Waals surface area contributed by atoms with E-state index in [9.17, 15) is 13.2 Å². The Balaban J connectivity index is 1.46. The van der Waals surface area contributed by atoms with Crippen molar-refractivity contribution in [3.63, 3.8) is 0 Å². The smallest absolute Gasteiger partial charge is 0.254 e. The number of aryl methyl sites for hydroxylation is 2. The molecule has 1 amide bonds. The van der Waals surface area contributed by atoms with Crippen molar-refractivity contribution in [3.8, 4) is 11.4 Å². The van der Waals surface area contributed by atoms with Gasteiger partial charge in [0.2, 0.25) is 21.7 Å². The van der Waals surface area contributed by atoms with Gasteiger partial charge in [-0.25, -0.2) is 8.42 Å². The molecule has 4 aromatic rings. The molecular formula is C27H27ClN4O4S. The minimum Gasteiger partial charge on any atom is -0.337 e. The van der Waals surface area contributed by atoms with Crippen LogP contribution in [0, 0.1) is 13.8 Å². The summed E-state index contributed by atoms with van der Waals surface area (Å²) in [6, 6.07) is 19.8. The Bertz CT molecular complexity index is 1530. The van der Waals surface area contributed by atoms with Crippen molar-refractivity contribution in [2.24, 2.45) is 0 Å². The van der Waals surface area contributed by atoms with Crippen molar-refractivity contribution >= 4 is 33.2 Å². The molecule has 1 aromatic heterocycles. The van der Waals surface area contributed by atoms with Crippen LogP contribution in [0.4, 0.5) is 5.69 Å². The molecule has 0 aliphatic rings. The summed E-state index contributed by atoms with van der Waals surface area (Å²) in [5, 5.41) is 4.47. The highest BCUT2D eigenvalue weighted by molar-refractivity contribution is 7.92. The van der Waals surface area contributed by atoms with Gasteiger partial charge in [0.1, 0.15) is 0 Å². The molecule has 8 nitrogen and oxygen atoms in total. The molecule has 4 rings (SSSR count). The van der Waals surface area contributed by atoms with E-state index in [2.05, 4.69) is 10.1 Å². The number of benzene rings is 3. The summed E-state index contributed by atoms with van der Waals surface area (Å²) < 4.78 is 31.9. The van der Waals surface area contributed by atoms with E-state index >= 15 is 0 Å². The van der Waals surface area contributed by atoms with E-state index in [0.717, 1.165) is 16.7 Å². The van der Waals surface area contributed by atoms with E-state index in [-0.39, 0.29) is 24.9 Å². The zero-order chi connectivity index (χ0) is 26.7. The second kappa shape index (κ2) is 10.7. The minimum absolute atomic E-state index is 0.118. The van der Waals surface area contributed by atoms with Crippen LogP contribution in [0.1, 0.15) is 32.9 Å². The number of halogens is 1. The third-order valence-electron chi connectivity index (χ3n) is 5.86. The molecule has 10 heteroatoms. The number of carbonyl (C=O) groups is 1. The number of nitrogens with zero attached hydrogens (tertiary/aromatic N) is 4. The maximum Gasteiger partial charge on any atom is 0.254 e. The zero-order valence-corrected chi connectivity index (χ0v) is 22.5. The van der Waals surface area contributed by atoms with E-state index in [1.165, 1.54) is 15.5 Å². The summed E-state index contributed by atoms with van der Waals surface area (Å²) in [6.45, 7) is 4.07. The highest BCUT2D eigenvalue weighted by Crippen LogP contribution is 2.27. The quantitative estimate of drug-likeness (QED) is 0.304. The molecule has 0 atom stereocenters. The van der Waals surface area contributed by atoms with Crippen molar-refractivity contribution in [2.45, 2.75) is 26.9 Å². The van der Waals surface area contributed by atoms with E-state index in [0.29, 0.717) is 27.7 Å². The number of amides is 1. The maximum absolute atomic E-state index is 13.0. The lowest BCUT2D eigenvalue weighted by Crippen LogP contribution is -2.30. The van der Waals surface area contributed by atoms with Crippen LogP contribution in [-0.2, 0) is 23.1 Å². The summed E-state index contributed by atoms with van der Waals surface area (Å²) in [5.41, 5.74) is 4.33. The average Bonchev–Trinajstić information content (AvgIpc) is 3.32. The third kappa shape index (κ3) is 6.18. The Labute approximate surface area is 221 Å². The molecule has 0 fully saturated rings. The SMILES string of the molecule is Cc1ccc(C)c(N(Cc2ccc(C(=O)N(C)Cc3nc(-c4ccccc4Cl)no3)cc2)S(C)(=O)=O)c1. The van der Waals surface area contributed by atoms with Gasteiger partial charge in [0.25, 0.3) is 5.91 Å². The average molecular weight is 539 g/mol. The van der Waals surface area contributed by atoms with Gasteiger partial charge in [-0.2, -0.15) is 4.98 Å². The molecule has 0 saturated carbocycles. The fourth-order valence-corrected chi connectivity index (χ4v) is 5.01. The van der Waals surface area contributed by atoms with Gasteiger partial charge in [-0.05, 0) is 60.9 Å². The summed E-state index contributed by atoms with van der Waals surface area (Å²) in [6.07, 6.45) is 1.19. The lowest BCUT2D eigenvalue weighted by molar-refractivity contribution is 0.0769. The Morgan fingerprint density at radius 3 is 2.38 bits per heavy atom. The summed E-state index contributed by atoms with van der Waals surface area (Å²) >= 11 is 6.20. The number of hydrogen-bond donors (Lipinski definition) is 0. The molecule has 0 spiro atoms. The zero-order valence-electron chi connectivity index (χ0n) is 21.0. The number of rotatable bonds is 8. The molecule has 0 saturated heterocycles. The lowest BCUT2D eigenvalue weighted by Gasteiger charge is -2.25. The topological polar surface area (TPSA) is 96.6 Å². The van der Waals surface area contributed by atoms with Crippen LogP contribution in [0.2, 0.25) is 5.02 Å². The summed E-state index contributed by atoms with van der Waals surface area (Å²) in [4.78, 5) is 18.8. The van der Waals surface area contributed by atoms with Crippen molar-refractivity contribution in [2.75, 3.05) is 17.6 Å². The van der Waals surface area contributed by atoms with Gasteiger partial charge in [-0.15, -0.1) is 0 Å². The second-order valence-corrected chi connectivity index (χ2v) is 11.2. The molecule has 37 heavy (non-hydrogen) atoms. The molecular weight excluding hydrogens is 512 g/mol. The van der Waals surface area contributed by atoms with Crippen molar-refractivity contribution in [1.82, 2.24) is 15.0 Å². The first-order chi connectivity index (χ1) is 17.5. The molecule has 0 aliphatic carbocycles. The maximum atomic E-state index is 13.0. The van der Waals surface area contributed by atoms with Gasteiger partial charge >= 0.3 is 0 Å². The molecule has 0 bridgehead atoms. The van der Waals surface area contributed by atoms with Gasteiger partial charge in [0.15, 0.2) is 0 Å². The number of sulfonamides is 1. The number of anilines is 1. The third-order valence-corrected chi connectivity index (χ3v) is 7.32. The monoisotopic (exact) mass is 538 g/mol. The Kier molecular flexibility index (Phi) is 7.65. The van der Waals surface area contributed by atoms with Gasteiger partial charge in [-0.3, -0.25) is 9.10 Å². The molecule has 3 aromatic carbocycles. The Hall–Kier alpha value is -3.69. The fourth-order valence-electron chi connectivity index (χ4n) is 3.85. The van der Waals surface area contributed by atoms with Gasteiger partial charge in [0.05, 0.1) is 30.1 Å². The number of carbonyl (C=O) groups excluding carboxylic acids is 1. The summed E-state index contributed by atoms with van der Waals surface area (Å²) in [7, 11) is -1.88. The molecule has 0 N–H and O–H groups in total. The van der Waals surface area contributed by atoms with Crippen LogP contribution in [0.25, 0.3) is 11.4 Å². The Morgan fingerprint density at radius 1 is 1.00 bits per heavy atom. The molecule has 0 aliphatic heterocycles. The first-order valence-corrected chi connectivity index (χ1v) is 13.7. The van der Waals surface area contributed by atoms with Gasteiger partial charge in [-0.1, -0.05) is 53.2 Å². The van der Waals surface area contributed by atoms with Crippen LogP contribution in [-0.4, -0.2) is 42.7 Å². The highest BCUT2D eigenvalue weighted by Gasteiger charge is 2.21. The van der Waals surface area contributed by atoms with Gasteiger partial charge in [0, 0.05) is 18.2 Å². The Morgan fingerprint density at radius 2 is 1.70 bits per heavy atom. The van der Waals surface area contributed by atoms with Crippen molar-refractivity contribution in [3.05, 3.63) is 99.9 Å². The highest BCUT2D eigenvalue weighted by atomic mass is 35.5. The van der Waals surface area contributed by atoms with Crippen LogP contribution in [0.3, 0.4) is 0 Å². The molecule has 192 valence electrons. The van der Waals surface area contributed by atoms with Crippen molar-refractivity contribution in [1.29, 1.82) is 0 Å². The normalized spacial score (nSPS) is 11.4. The number of hydrogen-bond acceptors (Lipinski definition) is 6. The predicted octanol–water partition coefficient (Wildman–Crippen LogP) is 5.25. The summed E-state index contributed by atoms with van der Waals surface area (Å²) in [5.74, 6) is 0.392. The van der Waals surface area contributed by atoms with Crippen LogP contribution in [0.5, 0.6) is 0 Å². The lowest BCUT2D eigenvalue weighted by atomic mass is 10.1.